The monoisotopic (exact) mass is 232 g/mol. The highest BCUT2D eigenvalue weighted by molar-refractivity contribution is 5.82. The quantitative estimate of drug-likeness (QED) is 0.705. The lowest BCUT2D eigenvalue weighted by Gasteiger charge is -2.05. The third-order valence-corrected chi connectivity index (χ3v) is 3.18. The molecule has 0 N–H and O–H groups in total. The number of hydrogen-bond donors (Lipinski definition) is 0. The van der Waals surface area contributed by atoms with Gasteiger partial charge in [-0.05, 0) is 42.4 Å². The minimum Gasteiger partial charge on any atom is -0.374 e. The van der Waals surface area contributed by atoms with E-state index in [-0.39, 0.29) is 12.4 Å². The molecule has 17 heavy (non-hydrogen) atoms. The van der Waals surface area contributed by atoms with E-state index < -0.39 is 0 Å². The minimum atomic E-state index is 0.177. The maximum Gasteiger partial charge on any atom is 0.162 e. The standard InChI is InChI=1S/C15H20O2/c1-2-8-17-11-15(16)10-12-6-7-13-4-3-5-14(13)9-12/h6-7,9H,2-5,8,10-11H2,1H3. The van der Waals surface area contributed by atoms with Crippen LogP contribution in [-0.2, 0) is 28.8 Å². The van der Waals surface area contributed by atoms with Gasteiger partial charge in [0.15, 0.2) is 5.78 Å². The molecule has 0 amide bonds. The molecule has 1 aliphatic rings. The van der Waals surface area contributed by atoms with Crippen LogP contribution in [0.25, 0.3) is 0 Å². The van der Waals surface area contributed by atoms with E-state index in [2.05, 4.69) is 18.2 Å². The van der Waals surface area contributed by atoms with E-state index >= 15 is 0 Å². The summed E-state index contributed by atoms with van der Waals surface area (Å²) in [6.45, 7) is 2.98. The molecule has 0 aromatic heterocycles. The number of rotatable bonds is 6. The van der Waals surface area contributed by atoms with Crippen molar-refractivity contribution in [3.05, 3.63) is 34.9 Å². The molecule has 2 rings (SSSR count). The molecule has 1 aromatic rings. The van der Waals surface area contributed by atoms with Gasteiger partial charge in [-0.15, -0.1) is 0 Å². The van der Waals surface area contributed by atoms with Gasteiger partial charge in [0.05, 0.1) is 0 Å². The molecular formula is C15H20O2. The van der Waals surface area contributed by atoms with Crippen molar-refractivity contribution in [1.82, 2.24) is 0 Å². The highest BCUT2D eigenvalue weighted by Crippen LogP contribution is 2.22. The van der Waals surface area contributed by atoms with Crippen LogP contribution in [0.3, 0.4) is 0 Å². The Morgan fingerprint density at radius 2 is 2.12 bits per heavy atom. The van der Waals surface area contributed by atoms with E-state index in [4.69, 9.17) is 4.74 Å². The first-order valence-corrected chi connectivity index (χ1v) is 6.49. The lowest BCUT2D eigenvalue weighted by molar-refractivity contribution is -0.122. The summed E-state index contributed by atoms with van der Waals surface area (Å²) in [5.74, 6) is 0.177. The fraction of sp³-hybridized carbons (Fsp3) is 0.533. The summed E-state index contributed by atoms with van der Waals surface area (Å²) in [7, 11) is 0. The predicted octanol–water partition coefficient (Wildman–Crippen LogP) is 2.71. The molecular weight excluding hydrogens is 212 g/mol. The van der Waals surface area contributed by atoms with Crippen LogP contribution in [0, 0.1) is 0 Å². The second-order valence-corrected chi connectivity index (χ2v) is 4.72. The van der Waals surface area contributed by atoms with Crippen molar-refractivity contribution in [3.63, 3.8) is 0 Å². The number of Topliss-reactive ketones (excluding diaryl/α,β-unsaturated/α-hetero) is 1. The van der Waals surface area contributed by atoms with E-state index in [0.717, 1.165) is 12.0 Å². The maximum atomic E-state index is 11.7. The van der Waals surface area contributed by atoms with Crippen molar-refractivity contribution >= 4 is 5.78 Å². The number of hydrogen-bond acceptors (Lipinski definition) is 2. The number of carbonyl (C=O) groups excluding carboxylic acids is 1. The molecule has 0 radical (unpaired) electrons. The minimum absolute atomic E-state index is 0.177. The Balaban J connectivity index is 1.88. The fourth-order valence-corrected chi connectivity index (χ4v) is 2.34. The zero-order chi connectivity index (χ0) is 12.1. The Bertz CT molecular complexity index is 396. The molecule has 0 bridgehead atoms. The van der Waals surface area contributed by atoms with Crippen LogP contribution in [0.4, 0.5) is 0 Å². The van der Waals surface area contributed by atoms with Crippen LogP contribution >= 0.6 is 0 Å². The van der Waals surface area contributed by atoms with Crippen molar-refractivity contribution < 1.29 is 9.53 Å². The summed E-state index contributed by atoms with van der Waals surface area (Å²) in [5.41, 5.74) is 4.03. The third-order valence-electron chi connectivity index (χ3n) is 3.18. The van der Waals surface area contributed by atoms with Crippen molar-refractivity contribution in [2.45, 2.75) is 39.0 Å². The summed E-state index contributed by atoms with van der Waals surface area (Å²) >= 11 is 0. The van der Waals surface area contributed by atoms with Crippen LogP contribution in [0.2, 0.25) is 0 Å². The van der Waals surface area contributed by atoms with E-state index in [1.165, 1.54) is 30.4 Å². The van der Waals surface area contributed by atoms with Gasteiger partial charge < -0.3 is 4.74 Å². The molecule has 2 nitrogen and oxygen atoms in total. The van der Waals surface area contributed by atoms with Crippen LogP contribution in [0.1, 0.15) is 36.5 Å². The molecule has 1 aliphatic carbocycles. The van der Waals surface area contributed by atoms with Gasteiger partial charge in [0.25, 0.3) is 0 Å². The van der Waals surface area contributed by atoms with Crippen LogP contribution in [-0.4, -0.2) is 19.0 Å². The topological polar surface area (TPSA) is 26.3 Å². The molecule has 0 fully saturated rings. The maximum absolute atomic E-state index is 11.7. The van der Waals surface area contributed by atoms with Crippen LogP contribution < -0.4 is 0 Å². The molecule has 0 saturated carbocycles. The van der Waals surface area contributed by atoms with E-state index in [9.17, 15) is 4.79 Å². The van der Waals surface area contributed by atoms with Gasteiger partial charge in [-0.1, -0.05) is 25.1 Å². The summed E-state index contributed by atoms with van der Waals surface area (Å²) in [4.78, 5) is 11.7. The molecule has 0 unspecified atom stereocenters. The Morgan fingerprint density at radius 1 is 1.29 bits per heavy atom. The zero-order valence-corrected chi connectivity index (χ0v) is 10.5. The predicted molar refractivity (Wildman–Crippen MR) is 68.3 cm³/mol. The molecule has 1 aromatic carbocycles. The van der Waals surface area contributed by atoms with Crippen molar-refractivity contribution in [2.75, 3.05) is 13.2 Å². The largest absolute Gasteiger partial charge is 0.374 e. The number of aryl methyl sites for hydroxylation is 2. The Morgan fingerprint density at radius 3 is 2.94 bits per heavy atom. The average molecular weight is 232 g/mol. The van der Waals surface area contributed by atoms with E-state index in [0.29, 0.717) is 13.0 Å². The van der Waals surface area contributed by atoms with Gasteiger partial charge in [0.2, 0.25) is 0 Å². The summed E-state index contributed by atoms with van der Waals surface area (Å²) in [6, 6.07) is 6.46. The van der Waals surface area contributed by atoms with Crippen molar-refractivity contribution in [3.8, 4) is 0 Å². The molecule has 2 heteroatoms. The third kappa shape index (κ3) is 3.40. The summed E-state index contributed by atoms with van der Waals surface area (Å²) in [5, 5.41) is 0. The smallest absolute Gasteiger partial charge is 0.162 e. The zero-order valence-electron chi connectivity index (χ0n) is 10.5. The molecule has 0 atom stereocenters. The second-order valence-electron chi connectivity index (χ2n) is 4.72. The van der Waals surface area contributed by atoms with E-state index in [1.54, 1.807) is 0 Å². The average Bonchev–Trinajstić information content (AvgIpc) is 2.76. The molecule has 0 spiro atoms. The van der Waals surface area contributed by atoms with Gasteiger partial charge >= 0.3 is 0 Å². The molecule has 0 heterocycles. The molecule has 0 aliphatic heterocycles. The van der Waals surface area contributed by atoms with E-state index in [1.807, 2.05) is 6.92 Å². The lowest BCUT2D eigenvalue weighted by Crippen LogP contribution is -2.12. The van der Waals surface area contributed by atoms with Gasteiger partial charge in [0, 0.05) is 13.0 Å². The highest BCUT2D eigenvalue weighted by Gasteiger charge is 2.12. The first kappa shape index (κ1) is 12.3. The van der Waals surface area contributed by atoms with Gasteiger partial charge in [-0.25, -0.2) is 0 Å². The second kappa shape index (κ2) is 5.97. The number of carbonyl (C=O) groups is 1. The Labute approximate surface area is 103 Å². The van der Waals surface area contributed by atoms with Gasteiger partial charge in [-0.2, -0.15) is 0 Å². The normalized spacial score (nSPS) is 13.7. The lowest BCUT2D eigenvalue weighted by atomic mass is 10.0. The number of ketones is 1. The SMILES string of the molecule is CCCOCC(=O)Cc1ccc2c(c1)CCC2. The van der Waals surface area contributed by atoms with Crippen LogP contribution in [0.5, 0.6) is 0 Å². The molecule has 0 saturated heterocycles. The first-order chi connectivity index (χ1) is 8.29. The Hall–Kier alpha value is -1.15. The number of benzene rings is 1. The van der Waals surface area contributed by atoms with Crippen LogP contribution in [0.15, 0.2) is 18.2 Å². The molecule has 92 valence electrons. The summed E-state index contributed by atoms with van der Waals surface area (Å²) in [6.07, 6.45) is 5.10. The number of ether oxygens (including phenoxy) is 1. The van der Waals surface area contributed by atoms with Crippen molar-refractivity contribution in [1.29, 1.82) is 0 Å². The number of fused-ring (bicyclic) bond motifs is 1. The van der Waals surface area contributed by atoms with Gasteiger partial charge in [-0.3, -0.25) is 4.79 Å². The highest BCUT2D eigenvalue weighted by atomic mass is 16.5. The first-order valence-electron chi connectivity index (χ1n) is 6.49. The fourth-order valence-electron chi connectivity index (χ4n) is 2.34. The van der Waals surface area contributed by atoms with Gasteiger partial charge in [0.1, 0.15) is 6.61 Å². The van der Waals surface area contributed by atoms with Crippen molar-refractivity contribution in [2.24, 2.45) is 0 Å². The Kier molecular flexibility index (Phi) is 4.32. The summed E-state index contributed by atoms with van der Waals surface area (Å²) < 4.78 is 5.26.